The molecule has 1 aliphatic rings. The van der Waals surface area contributed by atoms with Crippen LogP contribution in [0.3, 0.4) is 0 Å². The Kier molecular flexibility index (Phi) is 3.53. The predicted octanol–water partition coefficient (Wildman–Crippen LogP) is 3.54. The number of para-hydroxylation sites is 1. The molecular weight excluding hydrogens is 256 g/mol. The highest BCUT2D eigenvalue weighted by molar-refractivity contribution is 7.15. The van der Waals surface area contributed by atoms with Gasteiger partial charge in [0.1, 0.15) is 10.8 Å². The number of ether oxygens (including phenoxy) is 1. The van der Waals surface area contributed by atoms with E-state index >= 15 is 0 Å². The molecule has 0 saturated heterocycles. The van der Waals surface area contributed by atoms with E-state index in [1.54, 1.807) is 11.3 Å². The van der Waals surface area contributed by atoms with Crippen molar-refractivity contribution in [3.8, 4) is 16.3 Å². The normalized spacial score (nSPS) is 18.1. The first kappa shape index (κ1) is 12.6. The minimum absolute atomic E-state index is 0.161. The van der Waals surface area contributed by atoms with Crippen LogP contribution in [0.15, 0.2) is 24.3 Å². The maximum Gasteiger partial charge on any atom is 0.129 e. The largest absolute Gasteiger partial charge is 0.493 e. The van der Waals surface area contributed by atoms with Crippen LogP contribution in [0.1, 0.15) is 36.4 Å². The van der Waals surface area contributed by atoms with Crippen molar-refractivity contribution < 1.29 is 4.74 Å². The Morgan fingerprint density at radius 2 is 2.26 bits per heavy atom. The van der Waals surface area contributed by atoms with Crippen molar-refractivity contribution >= 4 is 11.3 Å². The monoisotopic (exact) mass is 274 g/mol. The minimum Gasteiger partial charge on any atom is -0.493 e. The zero-order valence-electron chi connectivity index (χ0n) is 11.1. The summed E-state index contributed by atoms with van der Waals surface area (Å²) in [5, 5.41) is 1.03. The molecule has 3 rings (SSSR count). The van der Waals surface area contributed by atoms with Gasteiger partial charge in [-0.2, -0.15) is 0 Å². The van der Waals surface area contributed by atoms with Gasteiger partial charge in [0.15, 0.2) is 0 Å². The fourth-order valence-corrected chi connectivity index (χ4v) is 3.67. The molecule has 1 aromatic heterocycles. The Hall–Kier alpha value is -1.39. The summed E-state index contributed by atoms with van der Waals surface area (Å²) in [7, 11) is 0. The number of thiazole rings is 1. The van der Waals surface area contributed by atoms with Crippen LogP contribution in [0.2, 0.25) is 0 Å². The van der Waals surface area contributed by atoms with Crippen LogP contribution in [0.5, 0.6) is 5.75 Å². The van der Waals surface area contributed by atoms with E-state index in [0.29, 0.717) is 6.61 Å². The Bertz CT molecular complexity index is 579. The standard InChI is InChI=1S/C15H18N2OS/c1-2-18-13-9-4-3-6-10(13)15-17-12-8-5-7-11(16)14(12)19-15/h3-4,6,9,11H,2,5,7-8,16H2,1H3. The van der Waals surface area contributed by atoms with Crippen molar-refractivity contribution in [1.29, 1.82) is 0 Å². The lowest BCUT2D eigenvalue weighted by Crippen LogP contribution is -2.15. The van der Waals surface area contributed by atoms with Crippen LogP contribution < -0.4 is 10.5 Å². The van der Waals surface area contributed by atoms with E-state index in [9.17, 15) is 0 Å². The smallest absolute Gasteiger partial charge is 0.129 e. The lowest BCUT2D eigenvalue weighted by atomic mass is 9.99. The molecule has 0 radical (unpaired) electrons. The number of hydrogen-bond acceptors (Lipinski definition) is 4. The summed E-state index contributed by atoms with van der Waals surface area (Å²) in [5.41, 5.74) is 8.44. The first-order valence-corrected chi connectivity index (χ1v) is 7.58. The predicted molar refractivity (Wildman–Crippen MR) is 78.6 cm³/mol. The van der Waals surface area contributed by atoms with Gasteiger partial charge < -0.3 is 10.5 Å². The van der Waals surface area contributed by atoms with Gasteiger partial charge in [-0.05, 0) is 38.3 Å². The quantitative estimate of drug-likeness (QED) is 0.931. The molecule has 0 aliphatic heterocycles. The number of aryl methyl sites for hydroxylation is 1. The molecule has 1 aliphatic carbocycles. The summed E-state index contributed by atoms with van der Waals surface area (Å²) in [5.74, 6) is 0.907. The molecule has 0 amide bonds. The van der Waals surface area contributed by atoms with Crippen molar-refractivity contribution in [2.45, 2.75) is 32.2 Å². The number of aromatic nitrogens is 1. The number of hydrogen-bond donors (Lipinski definition) is 1. The van der Waals surface area contributed by atoms with Crippen LogP contribution in [-0.4, -0.2) is 11.6 Å². The topological polar surface area (TPSA) is 48.1 Å². The van der Waals surface area contributed by atoms with Gasteiger partial charge in [0.05, 0.1) is 17.9 Å². The highest BCUT2D eigenvalue weighted by atomic mass is 32.1. The summed E-state index contributed by atoms with van der Waals surface area (Å²) < 4.78 is 5.69. The molecule has 4 heteroatoms. The lowest BCUT2D eigenvalue weighted by molar-refractivity contribution is 0.341. The minimum atomic E-state index is 0.161. The van der Waals surface area contributed by atoms with E-state index in [1.165, 1.54) is 10.6 Å². The lowest BCUT2D eigenvalue weighted by Gasteiger charge is -2.15. The maximum atomic E-state index is 6.17. The Balaban J connectivity index is 2.03. The van der Waals surface area contributed by atoms with Crippen LogP contribution in [0.25, 0.3) is 10.6 Å². The van der Waals surface area contributed by atoms with Crippen molar-refractivity contribution in [1.82, 2.24) is 4.98 Å². The molecule has 2 aromatic rings. The summed E-state index contributed by atoms with van der Waals surface area (Å²) in [6.45, 7) is 2.67. The van der Waals surface area contributed by atoms with Gasteiger partial charge >= 0.3 is 0 Å². The third-order valence-electron chi connectivity index (χ3n) is 3.41. The Morgan fingerprint density at radius 3 is 3.05 bits per heavy atom. The third kappa shape index (κ3) is 2.38. The molecule has 0 spiro atoms. The van der Waals surface area contributed by atoms with E-state index in [1.807, 2.05) is 25.1 Å². The molecule has 1 aromatic carbocycles. The number of fused-ring (bicyclic) bond motifs is 1. The molecule has 100 valence electrons. The zero-order valence-corrected chi connectivity index (χ0v) is 11.9. The van der Waals surface area contributed by atoms with Crippen molar-refractivity contribution in [2.24, 2.45) is 5.73 Å². The molecule has 3 nitrogen and oxygen atoms in total. The molecule has 0 bridgehead atoms. The second-order valence-corrected chi connectivity index (χ2v) is 5.79. The molecule has 0 fully saturated rings. The van der Waals surface area contributed by atoms with Gasteiger partial charge in [-0.25, -0.2) is 4.98 Å². The zero-order chi connectivity index (χ0) is 13.2. The van der Waals surface area contributed by atoms with Gasteiger partial charge in [-0.15, -0.1) is 11.3 Å². The fraction of sp³-hybridized carbons (Fsp3) is 0.400. The second kappa shape index (κ2) is 5.31. The van der Waals surface area contributed by atoms with E-state index in [2.05, 4.69) is 6.07 Å². The summed E-state index contributed by atoms with van der Waals surface area (Å²) in [6, 6.07) is 8.25. The van der Waals surface area contributed by atoms with E-state index in [-0.39, 0.29) is 6.04 Å². The van der Waals surface area contributed by atoms with Crippen LogP contribution in [0.4, 0.5) is 0 Å². The molecule has 2 N–H and O–H groups in total. The average molecular weight is 274 g/mol. The van der Waals surface area contributed by atoms with Gasteiger partial charge in [0.2, 0.25) is 0 Å². The first-order valence-electron chi connectivity index (χ1n) is 6.77. The number of nitrogens with zero attached hydrogens (tertiary/aromatic N) is 1. The van der Waals surface area contributed by atoms with Gasteiger partial charge in [-0.1, -0.05) is 12.1 Å². The SMILES string of the molecule is CCOc1ccccc1-c1nc2c(s1)C(N)CCC2. The summed E-state index contributed by atoms with van der Waals surface area (Å²) in [6.07, 6.45) is 3.27. The number of benzene rings is 1. The molecule has 1 unspecified atom stereocenters. The van der Waals surface area contributed by atoms with Crippen LogP contribution in [-0.2, 0) is 6.42 Å². The maximum absolute atomic E-state index is 6.17. The highest BCUT2D eigenvalue weighted by Crippen LogP contribution is 2.39. The molecule has 1 heterocycles. The highest BCUT2D eigenvalue weighted by Gasteiger charge is 2.23. The summed E-state index contributed by atoms with van der Waals surface area (Å²) in [4.78, 5) is 6.03. The Morgan fingerprint density at radius 1 is 1.42 bits per heavy atom. The molecule has 0 saturated carbocycles. The van der Waals surface area contributed by atoms with Crippen LogP contribution >= 0.6 is 11.3 Å². The van der Waals surface area contributed by atoms with Gasteiger partial charge in [0.25, 0.3) is 0 Å². The molecule has 19 heavy (non-hydrogen) atoms. The third-order valence-corrected chi connectivity index (χ3v) is 4.67. The van der Waals surface area contributed by atoms with Gasteiger partial charge in [-0.3, -0.25) is 0 Å². The second-order valence-electron chi connectivity index (χ2n) is 4.76. The fourth-order valence-electron chi connectivity index (χ4n) is 2.49. The van der Waals surface area contributed by atoms with E-state index < -0.39 is 0 Å². The average Bonchev–Trinajstić information content (AvgIpc) is 2.85. The van der Waals surface area contributed by atoms with Crippen molar-refractivity contribution in [2.75, 3.05) is 6.61 Å². The molecular formula is C15H18N2OS. The number of nitrogens with two attached hydrogens (primary N) is 1. The molecule has 1 atom stereocenters. The van der Waals surface area contributed by atoms with Crippen molar-refractivity contribution in [3.05, 3.63) is 34.8 Å². The van der Waals surface area contributed by atoms with Crippen LogP contribution in [0, 0.1) is 0 Å². The summed E-state index contributed by atoms with van der Waals surface area (Å²) >= 11 is 1.72. The van der Waals surface area contributed by atoms with E-state index in [4.69, 9.17) is 15.5 Å². The number of rotatable bonds is 3. The Labute approximate surface area is 117 Å². The van der Waals surface area contributed by atoms with Gasteiger partial charge in [0, 0.05) is 10.9 Å². The van der Waals surface area contributed by atoms with E-state index in [0.717, 1.165) is 35.6 Å². The first-order chi connectivity index (χ1) is 9.29. The van der Waals surface area contributed by atoms with Crippen molar-refractivity contribution in [3.63, 3.8) is 0 Å².